The van der Waals surface area contributed by atoms with Gasteiger partial charge in [-0.15, -0.1) is 0 Å². The maximum Gasteiger partial charge on any atom is 0.330 e. The Kier molecular flexibility index (Phi) is 8.37. The predicted molar refractivity (Wildman–Crippen MR) is 138 cm³/mol. The lowest BCUT2D eigenvalue weighted by molar-refractivity contribution is -0.117. The van der Waals surface area contributed by atoms with Crippen molar-refractivity contribution in [2.24, 2.45) is 0 Å². The normalized spacial score (nSPS) is 13.0. The highest BCUT2D eigenvalue weighted by Crippen LogP contribution is 2.30. The Morgan fingerprint density at radius 2 is 1.97 bits per heavy atom. The molecule has 0 saturated heterocycles. The molecule has 0 aliphatic carbocycles. The summed E-state index contributed by atoms with van der Waals surface area (Å²) in [6, 6.07) is 5.55. The molecule has 0 fully saturated rings. The molecule has 4 N–H and O–H groups in total. The molecular formula is C25H36N6O4. The molecule has 0 atom stereocenters. The third kappa shape index (κ3) is 5.58. The van der Waals surface area contributed by atoms with Crippen LogP contribution in [0.4, 0.5) is 17.2 Å². The summed E-state index contributed by atoms with van der Waals surface area (Å²) in [5.41, 5.74) is 7.34. The number of fused-ring (bicyclic) bond motifs is 1. The van der Waals surface area contributed by atoms with Crippen LogP contribution in [-0.2, 0) is 17.8 Å². The lowest BCUT2D eigenvalue weighted by Crippen LogP contribution is -2.46. The van der Waals surface area contributed by atoms with Crippen LogP contribution in [0.2, 0.25) is 0 Å². The molecule has 10 heteroatoms. The SMILES string of the molecule is CCCCn1c(N)c(N(CC)C(=O)CN2CCCc3c(C(=O)NC(C)C)cccc32)c(=O)[nH]c1=O. The number of nitrogens with one attached hydrogen (secondary N) is 2. The van der Waals surface area contributed by atoms with Crippen molar-refractivity contribution in [2.75, 3.05) is 35.2 Å². The van der Waals surface area contributed by atoms with Crippen molar-refractivity contribution in [3.05, 3.63) is 50.2 Å². The molecule has 2 amide bonds. The Morgan fingerprint density at radius 3 is 2.63 bits per heavy atom. The third-order valence-electron chi connectivity index (χ3n) is 6.17. The van der Waals surface area contributed by atoms with Gasteiger partial charge in [-0.3, -0.25) is 23.9 Å². The van der Waals surface area contributed by atoms with Crippen molar-refractivity contribution in [1.29, 1.82) is 0 Å². The highest BCUT2D eigenvalue weighted by atomic mass is 16.2. The van der Waals surface area contributed by atoms with Gasteiger partial charge in [0.25, 0.3) is 11.5 Å². The second-order valence-electron chi connectivity index (χ2n) is 9.09. The number of likely N-dealkylation sites (N-methyl/N-ethyl adjacent to an activating group) is 1. The maximum atomic E-state index is 13.4. The second-order valence-corrected chi connectivity index (χ2v) is 9.09. The van der Waals surface area contributed by atoms with Crippen LogP contribution in [0.5, 0.6) is 0 Å². The van der Waals surface area contributed by atoms with Gasteiger partial charge in [-0.2, -0.15) is 0 Å². The molecular weight excluding hydrogens is 448 g/mol. The first-order valence-corrected chi connectivity index (χ1v) is 12.3. The van der Waals surface area contributed by atoms with Gasteiger partial charge in [-0.25, -0.2) is 4.79 Å². The van der Waals surface area contributed by atoms with E-state index in [2.05, 4.69) is 10.3 Å². The number of amides is 2. The first-order chi connectivity index (χ1) is 16.7. The summed E-state index contributed by atoms with van der Waals surface area (Å²) in [5, 5.41) is 2.94. The number of anilines is 3. The first kappa shape index (κ1) is 26.1. The number of carbonyl (C=O) groups excluding carboxylic acids is 2. The van der Waals surface area contributed by atoms with E-state index in [1.165, 1.54) is 9.47 Å². The number of H-pyrrole nitrogens is 1. The van der Waals surface area contributed by atoms with Crippen molar-refractivity contribution < 1.29 is 9.59 Å². The molecule has 1 aromatic carbocycles. The van der Waals surface area contributed by atoms with Crippen LogP contribution in [0, 0.1) is 0 Å². The van der Waals surface area contributed by atoms with Gasteiger partial charge in [-0.1, -0.05) is 19.4 Å². The van der Waals surface area contributed by atoms with E-state index in [0.29, 0.717) is 25.1 Å². The van der Waals surface area contributed by atoms with Crippen LogP contribution < -0.4 is 32.1 Å². The minimum Gasteiger partial charge on any atom is -0.383 e. The monoisotopic (exact) mass is 484 g/mol. The average Bonchev–Trinajstić information content (AvgIpc) is 2.80. The van der Waals surface area contributed by atoms with Crippen LogP contribution in [0.25, 0.3) is 0 Å². The molecule has 0 radical (unpaired) electrons. The molecule has 0 saturated carbocycles. The molecule has 1 aromatic heterocycles. The standard InChI is InChI=1S/C25H36N6O4/c1-5-7-14-31-22(26)21(24(34)28-25(31)35)30(6-2)20(32)15-29-13-9-11-17-18(10-8-12-19(17)29)23(33)27-16(3)4/h8,10,12,16H,5-7,9,11,13-15,26H2,1-4H3,(H,27,33)(H,28,34,35). The minimum atomic E-state index is -0.679. The molecule has 0 spiro atoms. The van der Waals surface area contributed by atoms with Crippen LogP contribution >= 0.6 is 0 Å². The van der Waals surface area contributed by atoms with Gasteiger partial charge in [0, 0.05) is 36.9 Å². The Hall–Kier alpha value is -3.56. The summed E-state index contributed by atoms with van der Waals surface area (Å²) < 4.78 is 1.31. The van der Waals surface area contributed by atoms with Crippen LogP contribution in [0.3, 0.4) is 0 Å². The van der Waals surface area contributed by atoms with Gasteiger partial charge < -0.3 is 20.9 Å². The molecule has 3 rings (SSSR count). The molecule has 190 valence electrons. The van der Waals surface area contributed by atoms with E-state index in [4.69, 9.17) is 5.73 Å². The molecule has 0 bridgehead atoms. The van der Waals surface area contributed by atoms with Crippen LogP contribution in [-0.4, -0.2) is 47.0 Å². The van der Waals surface area contributed by atoms with Gasteiger partial charge in [0.2, 0.25) is 5.91 Å². The number of aromatic amines is 1. The number of nitrogens with zero attached hydrogens (tertiary/aromatic N) is 3. The Morgan fingerprint density at radius 1 is 1.23 bits per heavy atom. The van der Waals surface area contributed by atoms with E-state index in [-0.39, 0.29) is 42.5 Å². The zero-order chi connectivity index (χ0) is 25.7. The number of hydrogen-bond donors (Lipinski definition) is 3. The van der Waals surface area contributed by atoms with Crippen molar-refractivity contribution in [1.82, 2.24) is 14.9 Å². The van der Waals surface area contributed by atoms with E-state index in [1.54, 1.807) is 13.0 Å². The van der Waals surface area contributed by atoms with E-state index in [1.807, 2.05) is 37.8 Å². The second kappa shape index (κ2) is 11.2. The number of rotatable bonds is 9. The first-order valence-electron chi connectivity index (χ1n) is 12.3. The quantitative estimate of drug-likeness (QED) is 0.498. The average molecular weight is 485 g/mol. The largest absolute Gasteiger partial charge is 0.383 e. The minimum absolute atomic E-state index is 0.00417. The fourth-order valence-electron chi connectivity index (χ4n) is 4.50. The fraction of sp³-hybridized carbons (Fsp3) is 0.520. The zero-order valence-corrected chi connectivity index (χ0v) is 21.0. The van der Waals surface area contributed by atoms with E-state index in [9.17, 15) is 19.2 Å². The van der Waals surface area contributed by atoms with Gasteiger partial charge in [0.05, 0.1) is 6.54 Å². The number of nitrogens with two attached hydrogens (primary N) is 1. The summed E-state index contributed by atoms with van der Waals surface area (Å²) in [4.78, 5) is 56.7. The molecule has 35 heavy (non-hydrogen) atoms. The molecule has 2 aromatic rings. The van der Waals surface area contributed by atoms with Crippen molar-refractivity contribution in [2.45, 2.75) is 66.0 Å². The van der Waals surface area contributed by atoms with E-state index in [0.717, 1.165) is 30.5 Å². The number of nitrogen functional groups attached to an aromatic ring is 1. The Balaban J connectivity index is 1.92. The van der Waals surface area contributed by atoms with Gasteiger partial charge in [-0.05, 0) is 57.7 Å². The van der Waals surface area contributed by atoms with Gasteiger partial charge in [0.15, 0.2) is 5.69 Å². The number of benzene rings is 1. The number of aromatic nitrogens is 2. The summed E-state index contributed by atoms with van der Waals surface area (Å²) >= 11 is 0. The lowest BCUT2D eigenvalue weighted by atomic mass is 9.95. The van der Waals surface area contributed by atoms with Crippen molar-refractivity contribution in [3.63, 3.8) is 0 Å². The Bertz CT molecular complexity index is 1200. The summed E-state index contributed by atoms with van der Waals surface area (Å²) in [7, 11) is 0. The van der Waals surface area contributed by atoms with Gasteiger partial charge in [0.1, 0.15) is 5.82 Å². The van der Waals surface area contributed by atoms with Gasteiger partial charge >= 0.3 is 5.69 Å². The molecule has 0 unspecified atom stereocenters. The van der Waals surface area contributed by atoms with E-state index >= 15 is 0 Å². The van der Waals surface area contributed by atoms with Crippen molar-refractivity contribution in [3.8, 4) is 0 Å². The topological polar surface area (TPSA) is 134 Å². The summed E-state index contributed by atoms with van der Waals surface area (Å²) in [5.74, 6) is -0.446. The number of hydrogen-bond acceptors (Lipinski definition) is 6. The van der Waals surface area contributed by atoms with E-state index < -0.39 is 11.2 Å². The number of unbranched alkanes of at least 4 members (excludes halogenated alkanes) is 1. The maximum absolute atomic E-state index is 13.4. The lowest BCUT2D eigenvalue weighted by Gasteiger charge is -2.33. The summed E-state index contributed by atoms with van der Waals surface area (Å²) in [6.45, 7) is 8.82. The molecule has 1 aliphatic rings. The fourth-order valence-corrected chi connectivity index (χ4v) is 4.50. The third-order valence-corrected chi connectivity index (χ3v) is 6.17. The smallest absolute Gasteiger partial charge is 0.330 e. The van der Waals surface area contributed by atoms with Crippen molar-refractivity contribution >= 4 is 29.0 Å². The summed E-state index contributed by atoms with van der Waals surface area (Å²) in [6.07, 6.45) is 3.10. The highest BCUT2D eigenvalue weighted by molar-refractivity contribution is 6.00. The molecule has 2 heterocycles. The van der Waals surface area contributed by atoms with Crippen LogP contribution in [0.15, 0.2) is 27.8 Å². The van der Waals surface area contributed by atoms with Crippen LogP contribution in [0.1, 0.15) is 62.9 Å². The molecule has 10 nitrogen and oxygen atoms in total. The number of carbonyl (C=O) groups is 2. The Labute approximate surface area is 205 Å². The highest BCUT2D eigenvalue weighted by Gasteiger charge is 2.28. The zero-order valence-electron chi connectivity index (χ0n) is 21.0. The predicted octanol–water partition coefficient (Wildman–Crippen LogP) is 1.86. The molecule has 1 aliphatic heterocycles.